The second kappa shape index (κ2) is 10.8. The summed E-state index contributed by atoms with van der Waals surface area (Å²) in [6.45, 7) is 0.744. The van der Waals surface area contributed by atoms with Gasteiger partial charge in [-0.1, -0.05) is 23.4 Å². The van der Waals surface area contributed by atoms with Crippen molar-refractivity contribution in [1.82, 2.24) is 9.55 Å². The van der Waals surface area contributed by atoms with Gasteiger partial charge in [-0.15, -0.1) is 0 Å². The van der Waals surface area contributed by atoms with Crippen LogP contribution in [-0.2, 0) is 4.74 Å². The van der Waals surface area contributed by atoms with Gasteiger partial charge in [-0.2, -0.15) is 0 Å². The zero-order valence-electron chi connectivity index (χ0n) is 19.7. The standard InChI is InChI=1S/C28H27ClN2O3S/c1-32-22-12-6-19(7-13-22)26-27(20-8-14-23(33-2)15-9-20)31(25-5-3-4-18-34-25)28(30-26)35-24-16-10-21(29)11-17-24/h6-17,25H,3-5,18H2,1-2H3. The topological polar surface area (TPSA) is 45.5 Å². The number of hydrogen-bond donors (Lipinski definition) is 0. The Morgan fingerprint density at radius 3 is 2.06 bits per heavy atom. The van der Waals surface area contributed by atoms with Gasteiger partial charge in [0.1, 0.15) is 17.7 Å². The van der Waals surface area contributed by atoms with Crippen molar-refractivity contribution in [3.8, 4) is 34.0 Å². The summed E-state index contributed by atoms with van der Waals surface area (Å²) in [5, 5.41) is 1.60. The summed E-state index contributed by atoms with van der Waals surface area (Å²) in [7, 11) is 3.35. The highest BCUT2D eigenvalue weighted by Crippen LogP contribution is 2.42. The monoisotopic (exact) mass is 506 g/mol. The molecule has 5 nitrogen and oxygen atoms in total. The first-order valence-corrected chi connectivity index (χ1v) is 12.8. The second-order valence-corrected chi connectivity index (χ2v) is 9.77. The summed E-state index contributed by atoms with van der Waals surface area (Å²) in [6.07, 6.45) is 3.05. The summed E-state index contributed by atoms with van der Waals surface area (Å²) < 4.78 is 19.4. The third kappa shape index (κ3) is 5.20. The third-order valence-electron chi connectivity index (χ3n) is 6.07. The van der Waals surface area contributed by atoms with Gasteiger partial charge in [0.2, 0.25) is 0 Å². The van der Waals surface area contributed by atoms with Crippen molar-refractivity contribution < 1.29 is 14.2 Å². The lowest BCUT2D eigenvalue weighted by atomic mass is 10.0. The van der Waals surface area contributed by atoms with Crippen LogP contribution in [0.5, 0.6) is 11.5 Å². The Labute approximate surface area is 215 Å². The molecule has 1 aromatic heterocycles. The van der Waals surface area contributed by atoms with Crippen LogP contribution in [0.15, 0.2) is 82.8 Å². The van der Waals surface area contributed by atoms with Crippen LogP contribution in [0.25, 0.3) is 22.5 Å². The number of methoxy groups -OCH3 is 2. The zero-order valence-corrected chi connectivity index (χ0v) is 21.3. The van der Waals surface area contributed by atoms with E-state index < -0.39 is 0 Å². The van der Waals surface area contributed by atoms with E-state index >= 15 is 0 Å². The number of benzene rings is 3. The van der Waals surface area contributed by atoms with Crippen molar-refractivity contribution in [3.63, 3.8) is 0 Å². The number of ether oxygens (including phenoxy) is 3. The van der Waals surface area contributed by atoms with Gasteiger partial charge in [0, 0.05) is 27.7 Å². The van der Waals surface area contributed by atoms with Gasteiger partial charge in [-0.3, -0.25) is 4.57 Å². The van der Waals surface area contributed by atoms with Crippen LogP contribution in [-0.4, -0.2) is 30.4 Å². The quantitative estimate of drug-likeness (QED) is 0.256. The zero-order chi connectivity index (χ0) is 24.2. The molecule has 1 saturated heterocycles. The lowest BCUT2D eigenvalue weighted by molar-refractivity contribution is -0.0359. The molecular weight excluding hydrogens is 480 g/mol. The first kappa shape index (κ1) is 23.8. The van der Waals surface area contributed by atoms with E-state index in [0.29, 0.717) is 5.02 Å². The molecule has 3 aromatic carbocycles. The normalized spacial score (nSPS) is 15.7. The molecule has 0 amide bonds. The van der Waals surface area contributed by atoms with Crippen LogP contribution < -0.4 is 9.47 Å². The Morgan fingerprint density at radius 1 is 0.857 bits per heavy atom. The molecule has 1 aliphatic rings. The summed E-state index contributed by atoms with van der Waals surface area (Å²) in [4.78, 5) is 6.26. The predicted octanol–water partition coefficient (Wildman–Crippen LogP) is 7.74. The molecule has 1 unspecified atom stereocenters. The SMILES string of the molecule is COc1ccc(-c2nc(Sc3ccc(Cl)cc3)n(C3CCCCO3)c2-c2ccc(OC)cc2)cc1. The minimum Gasteiger partial charge on any atom is -0.497 e. The maximum Gasteiger partial charge on any atom is 0.176 e. The lowest BCUT2D eigenvalue weighted by Crippen LogP contribution is -2.19. The number of rotatable bonds is 7. The van der Waals surface area contributed by atoms with E-state index in [1.54, 1.807) is 26.0 Å². The molecule has 5 rings (SSSR count). The Hall–Kier alpha value is -2.93. The largest absolute Gasteiger partial charge is 0.497 e. The molecule has 4 aromatic rings. The van der Waals surface area contributed by atoms with Gasteiger partial charge in [-0.05, 0) is 92.1 Å². The van der Waals surface area contributed by atoms with Crippen LogP contribution in [0.4, 0.5) is 0 Å². The van der Waals surface area contributed by atoms with Crippen molar-refractivity contribution in [2.45, 2.75) is 35.5 Å². The van der Waals surface area contributed by atoms with E-state index in [1.807, 2.05) is 48.5 Å². The summed E-state index contributed by atoms with van der Waals surface area (Å²) >= 11 is 7.76. The van der Waals surface area contributed by atoms with Gasteiger partial charge in [0.05, 0.1) is 25.6 Å². The van der Waals surface area contributed by atoms with Crippen LogP contribution >= 0.6 is 23.4 Å². The molecule has 7 heteroatoms. The Balaban J connectivity index is 1.70. The fourth-order valence-corrected chi connectivity index (χ4v) is 5.31. The van der Waals surface area contributed by atoms with Gasteiger partial charge in [-0.25, -0.2) is 4.98 Å². The van der Waals surface area contributed by atoms with Crippen LogP contribution in [0.2, 0.25) is 5.02 Å². The smallest absolute Gasteiger partial charge is 0.176 e. The Bertz CT molecular complexity index is 1270. The number of imidazole rings is 1. The molecule has 1 atom stereocenters. The molecule has 1 aliphatic heterocycles. The maximum atomic E-state index is 6.30. The predicted molar refractivity (Wildman–Crippen MR) is 141 cm³/mol. The van der Waals surface area contributed by atoms with Gasteiger partial charge in [0.15, 0.2) is 5.16 Å². The summed E-state index contributed by atoms with van der Waals surface area (Å²) in [6, 6.07) is 24.0. The van der Waals surface area contributed by atoms with Crippen molar-refractivity contribution in [2.24, 2.45) is 0 Å². The van der Waals surface area contributed by atoms with Crippen molar-refractivity contribution in [2.75, 3.05) is 20.8 Å². The summed E-state index contributed by atoms with van der Waals surface area (Å²) in [5.41, 5.74) is 4.01. The average molecular weight is 507 g/mol. The van der Waals surface area contributed by atoms with Crippen LogP contribution in [0.3, 0.4) is 0 Å². The number of aromatic nitrogens is 2. The van der Waals surface area contributed by atoms with E-state index in [0.717, 1.165) is 69.9 Å². The molecule has 35 heavy (non-hydrogen) atoms. The maximum absolute atomic E-state index is 6.30. The van der Waals surface area contributed by atoms with Crippen molar-refractivity contribution in [1.29, 1.82) is 0 Å². The Morgan fingerprint density at radius 2 is 1.49 bits per heavy atom. The molecule has 0 aliphatic carbocycles. The Kier molecular flexibility index (Phi) is 7.32. The molecule has 0 radical (unpaired) electrons. The third-order valence-corrected chi connectivity index (χ3v) is 7.30. The van der Waals surface area contributed by atoms with E-state index in [9.17, 15) is 0 Å². The molecule has 0 N–H and O–H groups in total. The minimum atomic E-state index is -0.0878. The van der Waals surface area contributed by atoms with Crippen molar-refractivity contribution >= 4 is 23.4 Å². The second-order valence-electron chi connectivity index (χ2n) is 8.30. The fraction of sp³-hybridized carbons (Fsp3) is 0.250. The van der Waals surface area contributed by atoms with E-state index in [2.05, 4.69) is 28.8 Å². The molecule has 0 saturated carbocycles. The first-order chi connectivity index (χ1) is 17.2. The minimum absolute atomic E-state index is 0.0878. The molecule has 1 fully saturated rings. The van der Waals surface area contributed by atoms with Crippen LogP contribution in [0.1, 0.15) is 25.5 Å². The van der Waals surface area contributed by atoms with Crippen LogP contribution in [0, 0.1) is 0 Å². The number of nitrogens with zero attached hydrogens (tertiary/aromatic N) is 2. The van der Waals surface area contributed by atoms with Gasteiger partial charge >= 0.3 is 0 Å². The van der Waals surface area contributed by atoms with Crippen molar-refractivity contribution in [3.05, 3.63) is 77.8 Å². The highest BCUT2D eigenvalue weighted by atomic mass is 35.5. The first-order valence-electron chi connectivity index (χ1n) is 11.6. The summed E-state index contributed by atoms with van der Waals surface area (Å²) in [5.74, 6) is 1.63. The number of halogens is 1. The lowest BCUT2D eigenvalue weighted by Gasteiger charge is -2.27. The van der Waals surface area contributed by atoms with E-state index in [-0.39, 0.29) is 6.23 Å². The average Bonchev–Trinajstić information content (AvgIpc) is 3.29. The highest BCUT2D eigenvalue weighted by Gasteiger charge is 2.28. The molecular formula is C28H27ClN2O3S. The van der Waals surface area contributed by atoms with E-state index in [4.69, 9.17) is 30.8 Å². The molecule has 0 spiro atoms. The molecule has 0 bridgehead atoms. The highest BCUT2D eigenvalue weighted by molar-refractivity contribution is 7.99. The molecule has 2 heterocycles. The van der Waals surface area contributed by atoms with Gasteiger partial charge in [0.25, 0.3) is 0 Å². The van der Waals surface area contributed by atoms with E-state index in [1.165, 1.54) is 0 Å². The van der Waals surface area contributed by atoms with Gasteiger partial charge < -0.3 is 14.2 Å². The molecule has 180 valence electrons. The fourth-order valence-electron chi connectivity index (χ4n) is 4.26. The number of hydrogen-bond acceptors (Lipinski definition) is 5.